The first kappa shape index (κ1) is 23.0. The first-order chi connectivity index (χ1) is 13.8. The molecule has 160 valence electrons. The second-order valence-corrected chi connectivity index (χ2v) is 6.53. The molecule has 0 saturated heterocycles. The lowest BCUT2D eigenvalue weighted by atomic mass is 9.80. The summed E-state index contributed by atoms with van der Waals surface area (Å²) in [5.74, 6) is -1.50. The van der Waals surface area contributed by atoms with E-state index in [0.717, 1.165) is 12.1 Å². The predicted octanol–water partition coefficient (Wildman–Crippen LogP) is 4.18. The number of carbonyl (C=O) groups excluding carboxylic acids is 1. The zero-order chi connectivity index (χ0) is 21.4. The van der Waals surface area contributed by atoms with E-state index in [0.29, 0.717) is 25.0 Å². The molecule has 1 aliphatic rings. The zero-order valence-electron chi connectivity index (χ0n) is 16.2. The summed E-state index contributed by atoms with van der Waals surface area (Å²) in [5, 5.41) is 9.23. The highest BCUT2D eigenvalue weighted by atomic mass is 19.4. The number of carbonyl (C=O) groups is 1. The van der Waals surface area contributed by atoms with Gasteiger partial charge in [0.1, 0.15) is 6.61 Å². The topological polar surface area (TPSA) is 65.0 Å². The molecule has 0 saturated carbocycles. The molecule has 1 N–H and O–H groups in total. The number of halogens is 3. The lowest BCUT2D eigenvalue weighted by molar-refractivity contribution is -0.175. The summed E-state index contributed by atoms with van der Waals surface area (Å²) in [6, 6.07) is 4.79. The number of aliphatic hydroxyl groups excluding tert-OH is 1. The van der Waals surface area contributed by atoms with Gasteiger partial charge in [-0.15, -0.1) is 0 Å². The molecule has 0 bridgehead atoms. The van der Waals surface area contributed by atoms with Crippen molar-refractivity contribution in [3.63, 3.8) is 0 Å². The number of benzene rings is 1. The van der Waals surface area contributed by atoms with Crippen molar-refractivity contribution >= 4 is 5.97 Å². The average Bonchev–Trinajstić information content (AvgIpc) is 2.70. The summed E-state index contributed by atoms with van der Waals surface area (Å²) in [7, 11) is 0. The van der Waals surface area contributed by atoms with Crippen LogP contribution in [0.25, 0.3) is 0 Å². The van der Waals surface area contributed by atoms with Gasteiger partial charge in [0.05, 0.1) is 5.56 Å². The third-order valence-corrected chi connectivity index (χ3v) is 4.57. The van der Waals surface area contributed by atoms with Crippen LogP contribution in [0.5, 0.6) is 0 Å². The molecule has 0 fully saturated rings. The maximum Gasteiger partial charge on any atom is 0.416 e. The van der Waals surface area contributed by atoms with Crippen molar-refractivity contribution in [2.75, 3.05) is 19.8 Å². The molecule has 0 aromatic heterocycles. The Labute approximate surface area is 167 Å². The fourth-order valence-corrected chi connectivity index (χ4v) is 3.23. The van der Waals surface area contributed by atoms with Crippen molar-refractivity contribution < 1.29 is 37.3 Å². The molecule has 1 aromatic rings. The molecule has 29 heavy (non-hydrogen) atoms. The van der Waals surface area contributed by atoms with E-state index in [-0.39, 0.29) is 24.9 Å². The third kappa shape index (κ3) is 6.08. The van der Waals surface area contributed by atoms with Gasteiger partial charge in [-0.2, -0.15) is 13.2 Å². The van der Waals surface area contributed by atoms with Crippen molar-refractivity contribution in [1.82, 2.24) is 0 Å². The Morgan fingerprint density at radius 1 is 1.31 bits per heavy atom. The van der Waals surface area contributed by atoms with Gasteiger partial charge < -0.3 is 19.3 Å². The predicted molar refractivity (Wildman–Crippen MR) is 99.7 cm³/mol. The van der Waals surface area contributed by atoms with E-state index < -0.39 is 29.9 Å². The Morgan fingerprint density at radius 3 is 2.55 bits per heavy atom. The number of hydrogen-bond donors (Lipinski definition) is 1. The Hall–Kier alpha value is -2.32. The van der Waals surface area contributed by atoms with Crippen LogP contribution < -0.4 is 0 Å². The minimum atomic E-state index is -4.44. The van der Waals surface area contributed by atoms with Crippen LogP contribution in [0, 0.1) is 5.92 Å². The number of rotatable bonds is 9. The molecule has 0 amide bonds. The fraction of sp³-hybridized carbons (Fsp3) is 0.476. The molecular formula is C21H25F3O5. The van der Waals surface area contributed by atoms with E-state index in [2.05, 4.69) is 6.58 Å². The van der Waals surface area contributed by atoms with E-state index in [1.165, 1.54) is 18.2 Å². The van der Waals surface area contributed by atoms with E-state index >= 15 is 0 Å². The summed E-state index contributed by atoms with van der Waals surface area (Å²) in [6.07, 6.45) is -1.31. The molecule has 1 aromatic carbocycles. The number of esters is 1. The highest BCUT2D eigenvalue weighted by Gasteiger charge is 2.38. The molecule has 0 spiro atoms. The molecule has 1 heterocycles. The molecular weight excluding hydrogens is 389 g/mol. The van der Waals surface area contributed by atoms with E-state index in [4.69, 9.17) is 14.2 Å². The van der Waals surface area contributed by atoms with Crippen molar-refractivity contribution in [3.8, 4) is 0 Å². The first-order valence-corrected chi connectivity index (χ1v) is 9.37. The second kappa shape index (κ2) is 10.5. The monoisotopic (exact) mass is 414 g/mol. The summed E-state index contributed by atoms with van der Waals surface area (Å²) in [5.41, 5.74) is -0.167. The number of aliphatic hydroxyl groups is 1. The van der Waals surface area contributed by atoms with Crippen LogP contribution in [0.15, 0.2) is 48.8 Å². The average molecular weight is 414 g/mol. The molecule has 0 aliphatic carbocycles. The SMILES string of the molecule is C=CCOC(=O)C1=CC(c2ccc(C(F)(F)F)cc2)C(CCCO)C(OCC)O1. The third-order valence-electron chi connectivity index (χ3n) is 4.57. The van der Waals surface area contributed by atoms with Crippen LogP contribution in [0.4, 0.5) is 13.2 Å². The lowest BCUT2D eigenvalue weighted by Crippen LogP contribution is -2.36. The quantitative estimate of drug-likeness (QED) is 0.485. The van der Waals surface area contributed by atoms with Crippen LogP contribution in [0.2, 0.25) is 0 Å². The van der Waals surface area contributed by atoms with Gasteiger partial charge in [-0.1, -0.05) is 24.8 Å². The van der Waals surface area contributed by atoms with Gasteiger partial charge in [-0.25, -0.2) is 4.79 Å². The summed E-state index contributed by atoms with van der Waals surface area (Å²) >= 11 is 0. The van der Waals surface area contributed by atoms with E-state index in [9.17, 15) is 23.1 Å². The molecule has 5 nitrogen and oxygen atoms in total. The summed E-state index contributed by atoms with van der Waals surface area (Å²) < 4.78 is 55.1. The van der Waals surface area contributed by atoms with Crippen molar-refractivity contribution in [2.45, 2.75) is 38.1 Å². The standard InChI is InChI=1S/C21H25F3O5/c1-3-12-28-19(26)18-13-17(14-7-9-15(10-8-14)21(22,23)24)16(6-5-11-25)20(29-18)27-4-2/h3,7-10,13,16-17,20,25H,1,4-6,11-12H2,2H3. The largest absolute Gasteiger partial charge is 0.457 e. The Bertz CT molecular complexity index is 712. The maximum absolute atomic E-state index is 12.9. The normalized spacial score (nSPS) is 21.8. The highest BCUT2D eigenvalue weighted by Crippen LogP contribution is 2.40. The highest BCUT2D eigenvalue weighted by molar-refractivity contribution is 5.86. The number of allylic oxidation sites excluding steroid dienone is 1. The van der Waals surface area contributed by atoms with Crippen LogP contribution >= 0.6 is 0 Å². The first-order valence-electron chi connectivity index (χ1n) is 9.37. The Kier molecular flexibility index (Phi) is 8.28. The van der Waals surface area contributed by atoms with Crippen LogP contribution in [-0.2, 0) is 25.2 Å². The molecule has 0 radical (unpaired) electrons. The minimum absolute atomic E-state index is 0.00226. The van der Waals surface area contributed by atoms with Crippen LogP contribution in [0.1, 0.15) is 36.8 Å². The maximum atomic E-state index is 12.9. The number of ether oxygens (including phenoxy) is 3. The van der Waals surface area contributed by atoms with Gasteiger partial charge in [0.15, 0.2) is 0 Å². The molecule has 8 heteroatoms. The molecule has 3 atom stereocenters. The van der Waals surface area contributed by atoms with Crippen LogP contribution in [0.3, 0.4) is 0 Å². The number of hydrogen-bond acceptors (Lipinski definition) is 5. The van der Waals surface area contributed by atoms with E-state index in [1.54, 1.807) is 13.0 Å². The molecule has 3 unspecified atom stereocenters. The second-order valence-electron chi connectivity index (χ2n) is 6.53. The van der Waals surface area contributed by atoms with Gasteiger partial charge >= 0.3 is 12.1 Å². The smallest absolute Gasteiger partial charge is 0.416 e. The molecule has 2 rings (SSSR count). The van der Waals surface area contributed by atoms with Gasteiger partial charge in [0, 0.05) is 25.0 Å². The minimum Gasteiger partial charge on any atom is -0.457 e. The summed E-state index contributed by atoms with van der Waals surface area (Å²) in [6.45, 7) is 5.52. The Balaban J connectivity index is 2.41. The van der Waals surface area contributed by atoms with Crippen molar-refractivity contribution in [1.29, 1.82) is 0 Å². The summed E-state index contributed by atoms with van der Waals surface area (Å²) in [4.78, 5) is 12.3. The number of alkyl halides is 3. The van der Waals surface area contributed by atoms with Crippen molar-refractivity contribution in [2.24, 2.45) is 5.92 Å². The molecule has 1 aliphatic heterocycles. The fourth-order valence-electron chi connectivity index (χ4n) is 3.23. The van der Waals surface area contributed by atoms with Crippen molar-refractivity contribution in [3.05, 3.63) is 59.9 Å². The van der Waals surface area contributed by atoms with Crippen LogP contribution in [-0.4, -0.2) is 37.2 Å². The van der Waals surface area contributed by atoms with Gasteiger partial charge in [-0.3, -0.25) is 0 Å². The van der Waals surface area contributed by atoms with Gasteiger partial charge in [-0.05, 0) is 43.5 Å². The zero-order valence-corrected chi connectivity index (χ0v) is 16.2. The Morgan fingerprint density at radius 2 is 2.00 bits per heavy atom. The lowest BCUT2D eigenvalue weighted by Gasteiger charge is -2.36. The van der Waals surface area contributed by atoms with Gasteiger partial charge in [0.2, 0.25) is 12.0 Å². The van der Waals surface area contributed by atoms with Gasteiger partial charge in [0.25, 0.3) is 0 Å². The van der Waals surface area contributed by atoms with E-state index in [1.807, 2.05) is 0 Å².